The Hall–Kier alpha value is -2.23. The van der Waals surface area contributed by atoms with Crippen molar-refractivity contribution in [3.05, 3.63) is 29.0 Å². The summed E-state index contributed by atoms with van der Waals surface area (Å²) in [6.45, 7) is 7.84. The van der Waals surface area contributed by atoms with E-state index >= 15 is 0 Å². The minimum absolute atomic E-state index is 0.0957. The van der Waals surface area contributed by atoms with Crippen LogP contribution < -0.4 is 4.74 Å². The Balaban J connectivity index is 1.33. The van der Waals surface area contributed by atoms with Gasteiger partial charge in [0.15, 0.2) is 5.82 Å². The lowest BCUT2D eigenvalue weighted by molar-refractivity contribution is -0.149. The van der Waals surface area contributed by atoms with E-state index < -0.39 is 0 Å². The Labute approximate surface area is 188 Å². The lowest BCUT2D eigenvalue weighted by Crippen LogP contribution is -2.51. The first-order chi connectivity index (χ1) is 14.9. The molecule has 2 aliphatic heterocycles. The molecule has 31 heavy (non-hydrogen) atoms. The number of hydrogen-bond donors (Lipinski definition) is 1. The first-order valence-electron chi connectivity index (χ1n) is 10.9. The average molecular weight is 446 g/mol. The highest BCUT2D eigenvalue weighted by Gasteiger charge is 2.32. The van der Waals surface area contributed by atoms with Crippen LogP contribution in [0.4, 0.5) is 0 Å². The number of ether oxygens (including phenoxy) is 2. The van der Waals surface area contributed by atoms with Crippen molar-refractivity contribution < 1.29 is 14.3 Å². The van der Waals surface area contributed by atoms with Crippen LogP contribution in [0.15, 0.2) is 24.3 Å². The summed E-state index contributed by atoms with van der Waals surface area (Å²) < 4.78 is 13.4. The van der Waals surface area contributed by atoms with Crippen LogP contribution >= 0.6 is 12.2 Å². The third-order valence-corrected chi connectivity index (χ3v) is 6.36. The summed E-state index contributed by atoms with van der Waals surface area (Å²) in [5.74, 6) is 1.92. The van der Waals surface area contributed by atoms with Crippen LogP contribution in [0.1, 0.15) is 26.7 Å². The second-order valence-electron chi connectivity index (χ2n) is 8.55. The second kappa shape index (κ2) is 9.50. The van der Waals surface area contributed by atoms with Gasteiger partial charge in [-0.25, -0.2) is 4.68 Å². The summed E-state index contributed by atoms with van der Waals surface area (Å²) >= 11 is 5.46. The predicted octanol–water partition coefficient (Wildman–Crippen LogP) is 2.92. The molecule has 1 aromatic carbocycles. The lowest BCUT2D eigenvalue weighted by atomic mass is 9.95. The highest BCUT2D eigenvalue weighted by atomic mass is 32.1. The summed E-state index contributed by atoms with van der Waals surface area (Å²) in [4.78, 5) is 21.8. The molecule has 1 amide bonds. The number of nitrogens with one attached hydrogen (secondary N) is 1. The van der Waals surface area contributed by atoms with Gasteiger partial charge in [-0.05, 0) is 63.2 Å². The van der Waals surface area contributed by atoms with Crippen LogP contribution in [0.2, 0.25) is 0 Å². The molecule has 2 aromatic rings. The van der Waals surface area contributed by atoms with Crippen molar-refractivity contribution in [1.82, 2.24) is 24.6 Å². The molecule has 0 bridgehead atoms. The Bertz CT molecular complexity index is 939. The molecule has 9 heteroatoms. The molecule has 2 fully saturated rings. The molecule has 0 saturated carbocycles. The summed E-state index contributed by atoms with van der Waals surface area (Å²) in [7, 11) is 1.65. The molecule has 2 saturated heterocycles. The summed E-state index contributed by atoms with van der Waals surface area (Å²) in [5, 5.41) is 3.31. The molecule has 0 aliphatic carbocycles. The van der Waals surface area contributed by atoms with Gasteiger partial charge in [-0.3, -0.25) is 14.8 Å². The minimum atomic E-state index is 0.0957. The third-order valence-electron chi connectivity index (χ3n) is 6.05. The second-order valence-corrected chi connectivity index (χ2v) is 8.91. The number of methoxy groups -OCH3 is 1. The predicted molar refractivity (Wildman–Crippen MR) is 120 cm³/mol. The molecule has 2 aliphatic rings. The van der Waals surface area contributed by atoms with Gasteiger partial charge in [-0.2, -0.15) is 4.98 Å². The van der Waals surface area contributed by atoms with Gasteiger partial charge >= 0.3 is 0 Å². The van der Waals surface area contributed by atoms with Gasteiger partial charge in [-0.15, -0.1) is 0 Å². The smallest absolute Gasteiger partial charge is 0.225 e. The number of carbonyl (C=O) groups is 1. The van der Waals surface area contributed by atoms with Crippen molar-refractivity contribution >= 4 is 18.1 Å². The van der Waals surface area contributed by atoms with Crippen LogP contribution in [-0.4, -0.2) is 76.0 Å². The van der Waals surface area contributed by atoms with E-state index in [1.807, 2.05) is 47.7 Å². The van der Waals surface area contributed by atoms with E-state index in [0.29, 0.717) is 24.5 Å². The molecule has 3 heterocycles. The quantitative estimate of drug-likeness (QED) is 0.714. The Morgan fingerprint density at radius 3 is 2.45 bits per heavy atom. The monoisotopic (exact) mass is 445 g/mol. The van der Waals surface area contributed by atoms with E-state index in [-0.39, 0.29) is 24.0 Å². The van der Waals surface area contributed by atoms with Crippen LogP contribution in [0.5, 0.6) is 5.75 Å². The zero-order chi connectivity index (χ0) is 22.0. The first kappa shape index (κ1) is 22.0. The van der Waals surface area contributed by atoms with E-state index in [0.717, 1.165) is 43.1 Å². The van der Waals surface area contributed by atoms with Crippen LogP contribution in [-0.2, 0) is 16.2 Å². The van der Waals surface area contributed by atoms with Crippen LogP contribution in [0.25, 0.3) is 11.4 Å². The third kappa shape index (κ3) is 5.16. The molecule has 1 N–H and O–H groups in total. The van der Waals surface area contributed by atoms with Gasteiger partial charge < -0.3 is 14.4 Å². The number of piperidine rings is 1. The van der Waals surface area contributed by atoms with E-state index in [9.17, 15) is 4.79 Å². The molecule has 0 spiro atoms. The molecule has 8 nitrogen and oxygen atoms in total. The number of benzene rings is 1. The number of aromatic amines is 1. The number of rotatable bonds is 5. The van der Waals surface area contributed by atoms with E-state index in [4.69, 9.17) is 21.7 Å². The number of nitrogens with zero attached hydrogens (tertiary/aromatic N) is 4. The average Bonchev–Trinajstić information content (AvgIpc) is 3.13. The maximum absolute atomic E-state index is 13.0. The number of likely N-dealkylation sites (tertiary alicyclic amines) is 1. The Morgan fingerprint density at radius 2 is 1.84 bits per heavy atom. The molecular formula is C22H31N5O3S. The molecule has 0 radical (unpaired) electrons. The standard InChI is InChI=1S/C22H31N5O3S/c1-15-12-26(13-16(2)30-15)21(28)18-8-10-25(11-9-18)14-27-22(31)23-20(24-27)17-4-6-19(29-3)7-5-17/h4-7,15-16,18H,8-14H2,1-3H3,(H,23,24,31)/t15-,16+. The van der Waals surface area contributed by atoms with Gasteiger partial charge in [0.1, 0.15) is 5.75 Å². The number of morpholine rings is 1. The largest absolute Gasteiger partial charge is 0.497 e. The maximum Gasteiger partial charge on any atom is 0.225 e. The number of H-pyrrole nitrogens is 1. The molecule has 4 rings (SSSR count). The Morgan fingerprint density at radius 1 is 1.19 bits per heavy atom. The number of aromatic nitrogens is 3. The Kier molecular flexibility index (Phi) is 6.74. The summed E-state index contributed by atoms with van der Waals surface area (Å²) in [6, 6.07) is 7.73. The van der Waals surface area contributed by atoms with Crippen molar-refractivity contribution in [2.45, 2.75) is 45.6 Å². The van der Waals surface area contributed by atoms with Gasteiger partial charge in [0.2, 0.25) is 10.7 Å². The van der Waals surface area contributed by atoms with Gasteiger partial charge in [0, 0.05) is 37.7 Å². The number of amides is 1. The van der Waals surface area contributed by atoms with E-state index in [1.54, 1.807) is 7.11 Å². The van der Waals surface area contributed by atoms with Crippen LogP contribution in [0.3, 0.4) is 0 Å². The van der Waals surface area contributed by atoms with Crippen molar-refractivity contribution in [3.8, 4) is 17.1 Å². The SMILES string of the molecule is COc1ccc(-c2nc(=S)n(CN3CCC(C(=O)N4C[C@@H](C)O[C@@H](C)C4)CC3)[nH]2)cc1. The maximum atomic E-state index is 13.0. The van der Waals surface area contributed by atoms with Crippen molar-refractivity contribution in [2.24, 2.45) is 5.92 Å². The van der Waals surface area contributed by atoms with Crippen molar-refractivity contribution in [2.75, 3.05) is 33.3 Å². The molecule has 0 unspecified atom stereocenters. The van der Waals surface area contributed by atoms with Crippen molar-refractivity contribution in [3.63, 3.8) is 0 Å². The highest BCUT2D eigenvalue weighted by Crippen LogP contribution is 2.23. The summed E-state index contributed by atoms with van der Waals surface area (Å²) in [6.07, 6.45) is 1.95. The van der Waals surface area contributed by atoms with E-state index in [1.165, 1.54) is 0 Å². The molecule has 2 atom stereocenters. The minimum Gasteiger partial charge on any atom is -0.497 e. The topological polar surface area (TPSA) is 75.6 Å². The van der Waals surface area contributed by atoms with Gasteiger partial charge in [0.05, 0.1) is 26.0 Å². The first-order valence-corrected chi connectivity index (χ1v) is 11.3. The number of carbonyl (C=O) groups excluding carboxylic acids is 1. The fourth-order valence-electron chi connectivity index (χ4n) is 4.47. The number of hydrogen-bond acceptors (Lipinski definition) is 6. The molecule has 168 valence electrons. The zero-order valence-electron chi connectivity index (χ0n) is 18.4. The summed E-state index contributed by atoms with van der Waals surface area (Å²) in [5.41, 5.74) is 0.962. The molecule has 1 aromatic heterocycles. The fraction of sp³-hybridized carbons (Fsp3) is 0.591. The normalized spacial score (nSPS) is 23.1. The van der Waals surface area contributed by atoms with Gasteiger partial charge in [0.25, 0.3) is 0 Å². The van der Waals surface area contributed by atoms with Crippen LogP contribution in [0, 0.1) is 10.7 Å². The molecular weight excluding hydrogens is 414 g/mol. The fourth-order valence-corrected chi connectivity index (χ4v) is 4.66. The highest BCUT2D eigenvalue weighted by molar-refractivity contribution is 7.71. The zero-order valence-corrected chi connectivity index (χ0v) is 19.2. The van der Waals surface area contributed by atoms with Crippen molar-refractivity contribution in [1.29, 1.82) is 0 Å². The lowest BCUT2D eigenvalue weighted by Gasteiger charge is -2.39. The van der Waals surface area contributed by atoms with E-state index in [2.05, 4.69) is 15.0 Å². The van der Waals surface area contributed by atoms with Gasteiger partial charge in [-0.1, -0.05) is 0 Å².